The number of aryl methyl sites for hydroxylation is 2. The van der Waals surface area contributed by atoms with E-state index in [2.05, 4.69) is 9.97 Å². The molecule has 152 valence electrons. The van der Waals surface area contributed by atoms with Crippen molar-refractivity contribution in [2.75, 3.05) is 34.1 Å². The molecular formula is C21H29N3O3S. The van der Waals surface area contributed by atoms with Gasteiger partial charge in [0, 0.05) is 31.4 Å². The second-order valence-corrected chi connectivity index (χ2v) is 7.39. The van der Waals surface area contributed by atoms with Crippen LogP contribution in [0.15, 0.2) is 23.4 Å². The summed E-state index contributed by atoms with van der Waals surface area (Å²) in [5.41, 5.74) is 4.08. The van der Waals surface area contributed by atoms with E-state index in [1.54, 1.807) is 19.1 Å². The van der Waals surface area contributed by atoms with E-state index in [0.29, 0.717) is 30.9 Å². The number of benzene rings is 1. The Morgan fingerprint density at radius 1 is 1.07 bits per heavy atom. The monoisotopic (exact) mass is 403 g/mol. The first-order valence-corrected chi connectivity index (χ1v) is 10.4. The Bertz CT molecular complexity index is 804. The smallest absolute Gasteiger partial charge is 0.222 e. The van der Waals surface area contributed by atoms with Gasteiger partial charge in [0.05, 0.1) is 14.2 Å². The summed E-state index contributed by atoms with van der Waals surface area (Å²) in [5.74, 6) is 1.53. The van der Waals surface area contributed by atoms with Crippen LogP contribution in [0.4, 0.5) is 0 Å². The lowest BCUT2D eigenvalue weighted by Gasteiger charge is -2.18. The predicted molar refractivity (Wildman–Crippen MR) is 112 cm³/mol. The van der Waals surface area contributed by atoms with Crippen LogP contribution in [-0.4, -0.2) is 54.8 Å². The Labute approximate surface area is 171 Å². The van der Waals surface area contributed by atoms with E-state index < -0.39 is 0 Å². The highest BCUT2D eigenvalue weighted by Crippen LogP contribution is 2.27. The van der Waals surface area contributed by atoms with Gasteiger partial charge in [0.25, 0.3) is 0 Å². The summed E-state index contributed by atoms with van der Waals surface area (Å²) in [5, 5.41) is 0.775. The molecule has 1 aromatic heterocycles. The molecule has 0 saturated carbocycles. The van der Waals surface area contributed by atoms with Crippen LogP contribution in [0.1, 0.15) is 28.9 Å². The van der Waals surface area contributed by atoms with Crippen LogP contribution in [0.5, 0.6) is 11.5 Å². The fraction of sp³-hybridized carbons (Fsp3) is 0.476. The number of aromatic nitrogens is 2. The maximum atomic E-state index is 12.5. The molecule has 2 rings (SSSR count). The highest BCUT2D eigenvalue weighted by atomic mass is 32.2. The summed E-state index contributed by atoms with van der Waals surface area (Å²) < 4.78 is 10.6. The van der Waals surface area contributed by atoms with Crippen molar-refractivity contribution >= 4 is 17.7 Å². The number of nitrogens with zero attached hydrogens (tertiary/aromatic N) is 3. The maximum absolute atomic E-state index is 12.5. The topological polar surface area (TPSA) is 64.5 Å². The molecule has 0 N–H and O–H groups in total. The Morgan fingerprint density at radius 2 is 1.71 bits per heavy atom. The molecule has 0 radical (unpaired) electrons. The van der Waals surface area contributed by atoms with E-state index in [0.717, 1.165) is 34.1 Å². The zero-order valence-electron chi connectivity index (χ0n) is 17.5. The molecule has 0 saturated heterocycles. The third kappa shape index (κ3) is 5.61. The summed E-state index contributed by atoms with van der Waals surface area (Å²) in [7, 11) is 5.08. The van der Waals surface area contributed by atoms with E-state index in [9.17, 15) is 4.79 Å². The first-order chi connectivity index (χ1) is 13.4. The Kier molecular flexibility index (Phi) is 8.11. The van der Waals surface area contributed by atoms with Gasteiger partial charge in [-0.15, -0.1) is 0 Å². The van der Waals surface area contributed by atoms with Gasteiger partial charge in [-0.05, 0) is 56.2 Å². The van der Waals surface area contributed by atoms with Crippen molar-refractivity contribution < 1.29 is 14.3 Å². The Morgan fingerprint density at radius 3 is 2.29 bits per heavy atom. The average molecular weight is 404 g/mol. The number of hydrogen-bond acceptors (Lipinski definition) is 6. The van der Waals surface area contributed by atoms with Gasteiger partial charge in [-0.25, -0.2) is 9.97 Å². The van der Waals surface area contributed by atoms with Gasteiger partial charge in [0.1, 0.15) is 0 Å². The van der Waals surface area contributed by atoms with Crippen LogP contribution in [0.3, 0.4) is 0 Å². The summed E-state index contributed by atoms with van der Waals surface area (Å²) in [6.45, 7) is 4.61. The molecule has 0 unspecified atom stereocenters. The average Bonchev–Trinajstić information content (AvgIpc) is 2.70. The van der Waals surface area contributed by atoms with E-state index in [1.807, 2.05) is 45.4 Å². The maximum Gasteiger partial charge on any atom is 0.222 e. The van der Waals surface area contributed by atoms with Gasteiger partial charge in [-0.2, -0.15) is 0 Å². The van der Waals surface area contributed by atoms with Crippen LogP contribution >= 0.6 is 11.8 Å². The van der Waals surface area contributed by atoms with Crippen LogP contribution in [0.25, 0.3) is 0 Å². The second-order valence-electron chi connectivity index (χ2n) is 6.61. The fourth-order valence-corrected chi connectivity index (χ4v) is 3.50. The molecule has 0 bridgehead atoms. The van der Waals surface area contributed by atoms with Crippen molar-refractivity contribution in [2.24, 2.45) is 0 Å². The molecule has 0 aliphatic carbocycles. The number of thioether (sulfide) groups is 1. The van der Waals surface area contributed by atoms with Crippen LogP contribution in [0.2, 0.25) is 0 Å². The minimum atomic E-state index is 0.119. The van der Waals surface area contributed by atoms with Crippen molar-refractivity contribution in [1.29, 1.82) is 0 Å². The molecule has 0 atom stereocenters. The molecule has 1 amide bonds. The van der Waals surface area contributed by atoms with Crippen molar-refractivity contribution in [3.63, 3.8) is 0 Å². The third-order valence-corrected chi connectivity index (χ3v) is 5.33. The summed E-state index contributed by atoms with van der Waals surface area (Å²) >= 11 is 1.53. The predicted octanol–water partition coefficient (Wildman–Crippen LogP) is 3.47. The quantitative estimate of drug-likeness (QED) is 0.472. The Hall–Kier alpha value is -2.28. The first-order valence-electron chi connectivity index (χ1n) is 9.22. The number of methoxy groups -OCH3 is 2. The number of amides is 1. The summed E-state index contributed by atoms with van der Waals surface area (Å²) in [6, 6.07) is 5.84. The molecule has 0 spiro atoms. The first kappa shape index (κ1) is 22.0. The molecule has 1 aromatic carbocycles. The molecule has 2 aromatic rings. The molecule has 0 fully saturated rings. The molecule has 1 heterocycles. The SMILES string of the molecule is COc1ccc(CCN(C)C(=O)CCc2c(C)nc(SC)nc2C)cc1OC. The normalized spacial score (nSPS) is 10.6. The van der Waals surface area contributed by atoms with Gasteiger partial charge >= 0.3 is 0 Å². The second kappa shape index (κ2) is 10.3. The Balaban J connectivity index is 1.91. The van der Waals surface area contributed by atoms with Crippen molar-refractivity contribution in [1.82, 2.24) is 14.9 Å². The number of hydrogen-bond donors (Lipinski definition) is 0. The van der Waals surface area contributed by atoms with Crippen LogP contribution in [-0.2, 0) is 17.6 Å². The largest absolute Gasteiger partial charge is 0.493 e. The lowest BCUT2D eigenvalue weighted by molar-refractivity contribution is -0.129. The molecule has 7 heteroatoms. The van der Waals surface area contributed by atoms with Gasteiger partial charge in [0.2, 0.25) is 5.91 Å². The van der Waals surface area contributed by atoms with Crippen LogP contribution < -0.4 is 9.47 Å². The lowest BCUT2D eigenvalue weighted by atomic mass is 10.1. The zero-order chi connectivity index (χ0) is 20.7. The zero-order valence-corrected chi connectivity index (χ0v) is 18.4. The van der Waals surface area contributed by atoms with E-state index in [-0.39, 0.29) is 5.91 Å². The number of likely N-dealkylation sites (N-methyl/N-ethyl adjacent to an activating group) is 1. The number of rotatable bonds is 9. The highest BCUT2D eigenvalue weighted by molar-refractivity contribution is 7.98. The summed E-state index contributed by atoms with van der Waals surface area (Å²) in [6.07, 6.45) is 3.83. The lowest BCUT2D eigenvalue weighted by Crippen LogP contribution is -2.29. The van der Waals surface area contributed by atoms with Gasteiger partial charge in [0.15, 0.2) is 16.7 Å². The van der Waals surface area contributed by atoms with E-state index in [1.165, 1.54) is 11.8 Å². The number of ether oxygens (including phenoxy) is 2. The standard InChI is InChI=1S/C21H29N3O3S/c1-14-17(15(2)23-21(22-14)28-6)8-10-20(25)24(3)12-11-16-7-9-18(26-4)19(13-16)27-5/h7,9,13H,8,10-12H2,1-6H3. The van der Waals surface area contributed by atoms with Gasteiger partial charge in [-0.1, -0.05) is 17.8 Å². The molecule has 6 nitrogen and oxygen atoms in total. The van der Waals surface area contributed by atoms with Gasteiger partial charge in [-0.3, -0.25) is 4.79 Å². The van der Waals surface area contributed by atoms with Gasteiger partial charge < -0.3 is 14.4 Å². The van der Waals surface area contributed by atoms with Crippen molar-refractivity contribution in [3.05, 3.63) is 40.7 Å². The minimum absolute atomic E-state index is 0.119. The van der Waals surface area contributed by atoms with E-state index >= 15 is 0 Å². The number of carbonyl (C=O) groups is 1. The third-order valence-electron chi connectivity index (χ3n) is 4.78. The fourth-order valence-electron chi connectivity index (χ4n) is 3.04. The van der Waals surface area contributed by atoms with Crippen molar-refractivity contribution in [2.45, 2.75) is 38.3 Å². The van der Waals surface area contributed by atoms with Crippen LogP contribution in [0, 0.1) is 13.8 Å². The minimum Gasteiger partial charge on any atom is -0.493 e. The number of carbonyl (C=O) groups excluding carboxylic acids is 1. The van der Waals surface area contributed by atoms with E-state index in [4.69, 9.17) is 9.47 Å². The molecule has 28 heavy (non-hydrogen) atoms. The molecule has 0 aliphatic rings. The summed E-state index contributed by atoms with van der Waals surface area (Å²) in [4.78, 5) is 23.3. The van der Waals surface area contributed by atoms with Crippen molar-refractivity contribution in [3.8, 4) is 11.5 Å². The molecule has 0 aliphatic heterocycles. The molecular weight excluding hydrogens is 374 g/mol. The highest BCUT2D eigenvalue weighted by Gasteiger charge is 2.14.